The standard InChI is InChI=1S/C19H15ClN2O3S/c1-25-16-9-6-13(20)11-15(16)22-18(23)12-4-7-14(8-5-12)21-19(24)17-3-2-10-26-17/h2-11H,1H3,(H,21,24)(H,22,23). The molecule has 0 aliphatic rings. The Balaban J connectivity index is 1.69. The zero-order valence-corrected chi connectivity index (χ0v) is 15.4. The number of amides is 2. The molecule has 5 nitrogen and oxygen atoms in total. The van der Waals surface area contributed by atoms with Crippen LogP contribution >= 0.6 is 22.9 Å². The smallest absolute Gasteiger partial charge is 0.265 e. The van der Waals surface area contributed by atoms with Crippen LogP contribution in [0.1, 0.15) is 20.0 Å². The van der Waals surface area contributed by atoms with Crippen LogP contribution in [0.15, 0.2) is 60.0 Å². The maximum atomic E-state index is 12.4. The summed E-state index contributed by atoms with van der Waals surface area (Å²) in [6, 6.07) is 15.2. The van der Waals surface area contributed by atoms with Crippen LogP contribution in [-0.4, -0.2) is 18.9 Å². The van der Waals surface area contributed by atoms with Gasteiger partial charge in [-0.05, 0) is 53.9 Å². The molecule has 1 heterocycles. The van der Waals surface area contributed by atoms with E-state index in [-0.39, 0.29) is 11.8 Å². The number of ether oxygens (including phenoxy) is 1. The molecular formula is C19H15ClN2O3S. The minimum Gasteiger partial charge on any atom is -0.495 e. The third-order valence-corrected chi connectivity index (χ3v) is 4.66. The van der Waals surface area contributed by atoms with Crippen molar-refractivity contribution in [3.8, 4) is 5.75 Å². The molecule has 0 radical (unpaired) electrons. The minimum atomic E-state index is -0.304. The molecule has 0 saturated carbocycles. The first-order valence-corrected chi connectivity index (χ1v) is 8.92. The molecule has 0 unspecified atom stereocenters. The molecule has 26 heavy (non-hydrogen) atoms. The molecule has 2 amide bonds. The Morgan fingerprint density at radius 2 is 1.77 bits per heavy atom. The number of hydrogen-bond donors (Lipinski definition) is 2. The molecule has 7 heteroatoms. The average Bonchev–Trinajstić information content (AvgIpc) is 3.17. The summed E-state index contributed by atoms with van der Waals surface area (Å²) in [4.78, 5) is 25.1. The second kappa shape index (κ2) is 8.03. The highest BCUT2D eigenvalue weighted by Gasteiger charge is 2.11. The zero-order valence-electron chi connectivity index (χ0n) is 13.8. The summed E-state index contributed by atoms with van der Waals surface area (Å²) >= 11 is 7.33. The fourth-order valence-corrected chi connectivity index (χ4v) is 3.07. The third-order valence-electron chi connectivity index (χ3n) is 3.56. The zero-order chi connectivity index (χ0) is 18.5. The van der Waals surface area contributed by atoms with E-state index in [4.69, 9.17) is 16.3 Å². The molecule has 0 fully saturated rings. The molecule has 3 rings (SSSR count). The highest BCUT2D eigenvalue weighted by atomic mass is 35.5. The lowest BCUT2D eigenvalue weighted by molar-refractivity contribution is 0.102. The third kappa shape index (κ3) is 4.22. The van der Waals surface area contributed by atoms with E-state index in [1.807, 2.05) is 11.4 Å². The van der Waals surface area contributed by atoms with E-state index in [1.165, 1.54) is 18.4 Å². The van der Waals surface area contributed by atoms with Crippen molar-refractivity contribution in [2.45, 2.75) is 0 Å². The van der Waals surface area contributed by atoms with E-state index in [0.717, 1.165) is 0 Å². The molecule has 0 spiro atoms. The van der Waals surface area contributed by atoms with Gasteiger partial charge in [-0.15, -0.1) is 11.3 Å². The molecule has 0 atom stereocenters. The summed E-state index contributed by atoms with van der Waals surface area (Å²) in [5, 5.41) is 7.89. The quantitative estimate of drug-likeness (QED) is 0.654. The van der Waals surface area contributed by atoms with Gasteiger partial charge in [-0.25, -0.2) is 0 Å². The number of carbonyl (C=O) groups excluding carboxylic acids is 2. The SMILES string of the molecule is COc1ccc(Cl)cc1NC(=O)c1ccc(NC(=O)c2cccs2)cc1. The van der Waals surface area contributed by atoms with Crippen LogP contribution < -0.4 is 15.4 Å². The summed E-state index contributed by atoms with van der Waals surface area (Å²) in [5.41, 5.74) is 1.54. The number of thiophene rings is 1. The summed E-state index contributed by atoms with van der Waals surface area (Å²) in [6.07, 6.45) is 0. The second-order valence-electron chi connectivity index (χ2n) is 5.31. The van der Waals surface area contributed by atoms with Gasteiger partial charge >= 0.3 is 0 Å². The first-order chi connectivity index (χ1) is 12.6. The van der Waals surface area contributed by atoms with Crippen molar-refractivity contribution in [3.05, 3.63) is 75.4 Å². The molecular weight excluding hydrogens is 372 g/mol. The van der Waals surface area contributed by atoms with E-state index in [9.17, 15) is 9.59 Å². The van der Waals surface area contributed by atoms with E-state index in [1.54, 1.807) is 48.5 Å². The molecule has 0 aliphatic carbocycles. The Labute approximate surface area is 159 Å². The predicted octanol–water partition coefficient (Wildman–Crippen LogP) is 4.91. The van der Waals surface area contributed by atoms with Gasteiger partial charge in [0.25, 0.3) is 11.8 Å². The Kier molecular flexibility index (Phi) is 5.55. The number of methoxy groups -OCH3 is 1. The monoisotopic (exact) mass is 386 g/mol. The van der Waals surface area contributed by atoms with Crippen LogP contribution in [0.4, 0.5) is 11.4 Å². The molecule has 0 bridgehead atoms. The van der Waals surface area contributed by atoms with Gasteiger partial charge in [0.05, 0.1) is 17.7 Å². The molecule has 0 saturated heterocycles. The topological polar surface area (TPSA) is 67.4 Å². The Morgan fingerprint density at radius 1 is 1.00 bits per heavy atom. The first-order valence-electron chi connectivity index (χ1n) is 7.66. The highest BCUT2D eigenvalue weighted by Crippen LogP contribution is 2.28. The molecule has 132 valence electrons. The maximum Gasteiger partial charge on any atom is 0.265 e. The van der Waals surface area contributed by atoms with Crippen LogP contribution in [0, 0.1) is 0 Å². The number of nitrogens with one attached hydrogen (secondary N) is 2. The van der Waals surface area contributed by atoms with Gasteiger partial charge < -0.3 is 15.4 Å². The lowest BCUT2D eigenvalue weighted by Gasteiger charge is -2.11. The van der Waals surface area contributed by atoms with Crippen LogP contribution in [0.5, 0.6) is 5.75 Å². The van der Waals surface area contributed by atoms with Crippen molar-refractivity contribution in [1.29, 1.82) is 0 Å². The van der Waals surface area contributed by atoms with Crippen molar-refractivity contribution in [1.82, 2.24) is 0 Å². The van der Waals surface area contributed by atoms with Gasteiger partial charge in [0, 0.05) is 16.3 Å². The predicted molar refractivity (Wildman–Crippen MR) is 105 cm³/mol. The fourth-order valence-electron chi connectivity index (χ4n) is 2.28. The number of anilines is 2. The average molecular weight is 387 g/mol. The number of carbonyl (C=O) groups is 2. The van der Waals surface area contributed by atoms with E-state index in [2.05, 4.69) is 10.6 Å². The maximum absolute atomic E-state index is 12.4. The Hall–Kier alpha value is -2.83. The molecule has 0 aliphatic heterocycles. The van der Waals surface area contributed by atoms with Gasteiger partial charge in [-0.3, -0.25) is 9.59 Å². The van der Waals surface area contributed by atoms with Crippen molar-refractivity contribution < 1.29 is 14.3 Å². The molecule has 2 N–H and O–H groups in total. The van der Waals surface area contributed by atoms with E-state index in [0.29, 0.717) is 32.6 Å². The van der Waals surface area contributed by atoms with Gasteiger partial charge in [0.2, 0.25) is 0 Å². The van der Waals surface area contributed by atoms with Crippen LogP contribution in [0.25, 0.3) is 0 Å². The minimum absolute atomic E-state index is 0.180. The van der Waals surface area contributed by atoms with Gasteiger partial charge in [0.1, 0.15) is 5.75 Å². The summed E-state index contributed by atoms with van der Waals surface area (Å²) in [7, 11) is 1.52. The van der Waals surface area contributed by atoms with Crippen molar-refractivity contribution in [2.75, 3.05) is 17.7 Å². The van der Waals surface area contributed by atoms with Crippen molar-refractivity contribution in [2.24, 2.45) is 0 Å². The lowest BCUT2D eigenvalue weighted by Crippen LogP contribution is -2.13. The number of hydrogen-bond acceptors (Lipinski definition) is 4. The molecule has 2 aromatic carbocycles. The van der Waals surface area contributed by atoms with E-state index < -0.39 is 0 Å². The van der Waals surface area contributed by atoms with Crippen molar-refractivity contribution in [3.63, 3.8) is 0 Å². The number of halogens is 1. The second-order valence-corrected chi connectivity index (χ2v) is 6.69. The molecule has 3 aromatic rings. The molecule has 1 aromatic heterocycles. The normalized spacial score (nSPS) is 10.2. The summed E-state index contributed by atoms with van der Waals surface area (Å²) in [5.74, 6) is 0.0325. The number of rotatable bonds is 5. The van der Waals surface area contributed by atoms with Crippen molar-refractivity contribution >= 4 is 46.1 Å². The van der Waals surface area contributed by atoms with Crippen LogP contribution in [0.3, 0.4) is 0 Å². The highest BCUT2D eigenvalue weighted by molar-refractivity contribution is 7.12. The fraction of sp³-hybridized carbons (Fsp3) is 0.0526. The largest absolute Gasteiger partial charge is 0.495 e. The van der Waals surface area contributed by atoms with Crippen LogP contribution in [-0.2, 0) is 0 Å². The van der Waals surface area contributed by atoms with Gasteiger partial charge in [-0.1, -0.05) is 17.7 Å². The Morgan fingerprint density at radius 3 is 2.42 bits per heavy atom. The van der Waals surface area contributed by atoms with Gasteiger partial charge in [0.15, 0.2) is 0 Å². The van der Waals surface area contributed by atoms with E-state index >= 15 is 0 Å². The van der Waals surface area contributed by atoms with Gasteiger partial charge in [-0.2, -0.15) is 0 Å². The first kappa shape index (κ1) is 18.0. The van der Waals surface area contributed by atoms with Crippen LogP contribution in [0.2, 0.25) is 5.02 Å². The summed E-state index contributed by atoms with van der Waals surface area (Å²) < 4.78 is 5.22. The lowest BCUT2D eigenvalue weighted by atomic mass is 10.2. The summed E-state index contributed by atoms with van der Waals surface area (Å²) in [6.45, 7) is 0. The Bertz CT molecular complexity index is 924. The number of benzene rings is 2.